The van der Waals surface area contributed by atoms with Gasteiger partial charge in [-0.3, -0.25) is 4.79 Å². The number of benzene rings is 1. The molecule has 0 aliphatic carbocycles. The average Bonchev–Trinajstić information content (AvgIpc) is 2.52. The number of rotatable bonds is 6. The molecule has 4 nitrogen and oxygen atoms in total. The summed E-state index contributed by atoms with van der Waals surface area (Å²) in [6.45, 7) is 5.30. The summed E-state index contributed by atoms with van der Waals surface area (Å²) in [5, 5.41) is 5.97. The minimum atomic E-state index is -4.43. The molecule has 8 heteroatoms. The van der Waals surface area contributed by atoms with E-state index in [1.165, 1.54) is 18.2 Å². The number of nitrogens with zero attached hydrogens (tertiary/aromatic N) is 1. The number of alkyl halides is 3. The van der Waals surface area contributed by atoms with E-state index in [0.29, 0.717) is 6.54 Å². The Morgan fingerprint density at radius 3 is 2.54 bits per heavy atom. The highest BCUT2D eigenvalue weighted by molar-refractivity contribution is 5.85. The van der Waals surface area contributed by atoms with Gasteiger partial charge >= 0.3 is 6.18 Å². The van der Waals surface area contributed by atoms with E-state index in [1.807, 2.05) is 0 Å². The third kappa shape index (κ3) is 6.67. The van der Waals surface area contributed by atoms with Gasteiger partial charge in [0.1, 0.15) is 0 Å². The van der Waals surface area contributed by atoms with Gasteiger partial charge in [0, 0.05) is 32.7 Å². The SMILES string of the molecule is Cl.O=C(Cc1ccccc1C(F)(F)F)NCCCN1CCNCC1. The van der Waals surface area contributed by atoms with Gasteiger partial charge in [-0.05, 0) is 24.6 Å². The summed E-state index contributed by atoms with van der Waals surface area (Å²) >= 11 is 0. The largest absolute Gasteiger partial charge is 0.416 e. The van der Waals surface area contributed by atoms with Crippen LogP contribution in [0.1, 0.15) is 17.5 Å². The lowest BCUT2D eigenvalue weighted by Gasteiger charge is -2.27. The van der Waals surface area contributed by atoms with Crippen LogP contribution in [0, 0.1) is 0 Å². The molecule has 0 aromatic heterocycles. The van der Waals surface area contributed by atoms with Gasteiger partial charge in [0.25, 0.3) is 0 Å². The molecule has 24 heavy (non-hydrogen) atoms. The Morgan fingerprint density at radius 2 is 1.88 bits per heavy atom. The lowest BCUT2D eigenvalue weighted by Crippen LogP contribution is -2.44. The number of carbonyl (C=O) groups excluding carboxylic acids is 1. The van der Waals surface area contributed by atoms with Gasteiger partial charge in [-0.25, -0.2) is 0 Å². The van der Waals surface area contributed by atoms with Crippen LogP contribution < -0.4 is 10.6 Å². The Labute approximate surface area is 146 Å². The lowest BCUT2D eigenvalue weighted by molar-refractivity contribution is -0.138. The maximum absolute atomic E-state index is 12.9. The lowest BCUT2D eigenvalue weighted by atomic mass is 10.0. The first kappa shape index (κ1) is 20.7. The van der Waals surface area contributed by atoms with Crippen LogP contribution in [0.15, 0.2) is 24.3 Å². The number of carbonyl (C=O) groups is 1. The fraction of sp³-hybridized carbons (Fsp3) is 0.562. The van der Waals surface area contributed by atoms with Crippen molar-refractivity contribution in [1.29, 1.82) is 0 Å². The molecule has 0 atom stereocenters. The van der Waals surface area contributed by atoms with Crippen LogP contribution in [0.4, 0.5) is 13.2 Å². The Balaban J connectivity index is 0.00000288. The van der Waals surface area contributed by atoms with Crippen molar-refractivity contribution in [3.05, 3.63) is 35.4 Å². The van der Waals surface area contributed by atoms with Crippen LogP contribution in [-0.2, 0) is 17.4 Å². The topological polar surface area (TPSA) is 44.4 Å². The van der Waals surface area contributed by atoms with Crippen molar-refractivity contribution < 1.29 is 18.0 Å². The second-order valence-corrected chi connectivity index (χ2v) is 5.63. The second-order valence-electron chi connectivity index (χ2n) is 5.63. The van der Waals surface area contributed by atoms with E-state index in [9.17, 15) is 18.0 Å². The van der Waals surface area contributed by atoms with Crippen LogP contribution in [0.25, 0.3) is 0 Å². The van der Waals surface area contributed by atoms with Gasteiger partial charge < -0.3 is 15.5 Å². The van der Waals surface area contributed by atoms with E-state index in [-0.39, 0.29) is 30.3 Å². The Morgan fingerprint density at radius 1 is 1.21 bits per heavy atom. The minimum Gasteiger partial charge on any atom is -0.356 e. The molecule has 1 aliphatic heterocycles. The molecule has 2 N–H and O–H groups in total. The summed E-state index contributed by atoms with van der Waals surface area (Å²) in [5.74, 6) is -0.373. The molecule has 1 saturated heterocycles. The smallest absolute Gasteiger partial charge is 0.356 e. The Bertz CT molecular complexity index is 520. The van der Waals surface area contributed by atoms with Crippen molar-refractivity contribution in [1.82, 2.24) is 15.5 Å². The number of amides is 1. The fourth-order valence-electron chi connectivity index (χ4n) is 2.65. The van der Waals surface area contributed by atoms with E-state index in [2.05, 4.69) is 15.5 Å². The molecule has 1 amide bonds. The van der Waals surface area contributed by atoms with Gasteiger partial charge in [-0.1, -0.05) is 18.2 Å². The number of halogens is 4. The highest BCUT2D eigenvalue weighted by atomic mass is 35.5. The van der Waals surface area contributed by atoms with E-state index in [1.54, 1.807) is 0 Å². The van der Waals surface area contributed by atoms with E-state index >= 15 is 0 Å². The molecule has 1 aromatic rings. The summed E-state index contributed by atoms with van der Waals surface area (Å²) in [6, 6.07) is 5.20. The second kappa shape index (κ2) is 9.86. The Kier molecular flexibility index (Phi) is 8.52. The molecule has 0 spiro atoms. The van der Waals surface area contributed by atoms with Crippen molar-refractivity contribution in [2.24, 2.45) is 0 Å². The molecular weight excluding hydrogens is 343 g/mol. The quantitative estimate of drug-likeness (QED) is 0.759. The summed E-state index contributed by atoms with van der Waals surface area (Å²) in [4.78, 5) is 14.1. The monoisotopic (exact) mass is 365 g/mol. The molecule has 2 rings (SSSR count). The first-order chi connectivity index (χ1) is 11.0. The zero-order chi connectivity index (χ0) is 16.7. The van der Waals surface area contributed by atoms with Gasteiger partial charge in [-0.2, -0.15) is 13.2 Å². The van der Waals surface area contributed by atoms with Crippen LogP contribution in [0.3, 0.4) is 0 Å². The zero-order valence-electron chi connectivity index (χ0n) is 13.4. The molecule has 136 valence electrons. The molecular formula is C16H23ClF3N3O. The molecule has 1 fully saturated rings. The average molecular weight is 366 g/mol. The fourth-order valence-corrected chi connectivity index (χ4v) is 2.65. The highest BCUT2D eigenvalue weighted by Crippen LogP contribution is 2.31. The maximum atomic E-state index is 12.9. The first-order valence-corrected chi connectivity index (χ1v) is 7.81. The Hall–Kier alpha value is -1.31. The van der Waals surface area contributed by atoms with Crippen LogP contribution in [0.5, 0.6) is 0 Å². The highest BCUT2D eigenvalue weighted by Gasteiger charge is 2.33. The van der Waals surface area contributed by atoms with Crippen molar-refractivity contribution in [2.45, 2.75) is 19.0 Å². The van der Waals surface area contributed by atoms with Gasteiger partial charge in [0.15, 0.2) is 0 Å². The molecule has 1 heterocycles. The van der Waals surface area contributed by atoms with E-state index < -0.39 is 11.7 Å². The minimum absolute atomic E-state index is 0. The normalized spacial score (nSPS) is 15.6. The van der Waals surface area contributed by atoms with E-state index in [4.69, 9.17) is 0 Å². The van der Waals surface area contributed by atoms with Gasteiger partial charge in [-0.15, -0.1) is 12.4 Å². The standard InChI is InChI=1S/C16H22F3N3O.ClH/c17-16(18,19)14-5-2-1-4-13(14)12-15(23)21-6-3-9-22-10-7-20-8-11-22;/h1-2,4-5,20H,3,6-12H2,(H,21,23);1H. The number of hydrogen-bond donors (Lipinski definition) is 2. The van der Waals surface area contributed by atoms with E-state index in [0.717, 1.165) is 45.2 Å². The number of hydrogen-bond acceptors (Lipinski definition) is 3. The molecule has 0 unspecified atom stereocenters. The van der Waals surface area contributed by atoms with Crippen LogP contribution in [0.2, 0.25) is 0 Å². The number of nitrogens with one attached hydrogen (secondary N) is 2. The van der Waals surface area contributed by atoms with Crippen molar-refractivity contribution in [2.75, 3.05) is 39.3 Å². The third-order valence-electron chi connectivity index (χ3n) is 3.86. The molecule has 1 aromatic carbocycles. The molecule has 1 aliphatic rings. The third-order valence-corrected chi connectivity index (χ3v) is 3.86. The zero-order valence-corrected chi connectivity index (χ0v) is 14.2. The number of piperazine rings is 1. The van der Waals surface area contributed by atoms with Gasteiger partial charge in [0.05, 0.1) is 12.0 Å². The maximum Gasteiger partial charge on any atom is 0.416 e. The van der Waals surface area contributed by atoms with Gasteiger partial charge in [0.2, 0.25) is 5.91 Å². The molecule has 0 radical (unpaired) electrons. The van der Waals surface area contributed by atoms with Crippen LogP contribution >= 0.6 is 12.4 Å². The summed E-state index contributed by atoms with van der Waals surface area (Å²) in [6.07, 6.45) is -3.88. The van der Waals surface area contributed by atoms with Crippen LogP contribution in [-0.4, -0.2) is 50.1 Å². The molecule has 0 saturated carbocycles. The first-order valence-electron chi connectivity index (χ1n) is 7.81. The summed E-state index contributed by atoms with van der Waals surface area (Å²) < 4.78 is 38.6. The van der Waals surface area contributed by atoms with Crippen molar-refractivity contribution in [3.8, 4) is 0 Å². The summed E-state index contributed by atoms with van der Waals surface area (Å²) in [7, 11) is 0. The predicted molar refractivity (Wildman–Crippen MR) is 89.3 cm³/mol. The molecule has 0 bridgehead atoms. The van der Waals surface area contributed by atoms with Crippen molar-refractivity contribution in [3.63, 3.8) is 0 Å². The summed E-state index contributed by atoms with van der Waals surface area (Å²) in [5.41, 5.74) is -0.726. The predicted octanol–water partition coefficient (Wildman–Crippen LogP) is 2.08. The van der Waals surface area contributed by atoms with Crippen molar-refractivity contribution >= 4 is 18.3 Å².